The highest BCUT2D eigenvalue weighted by atomic mass is 35.5. The molecule has 2 aromatic carbocycles. The van der Waals surface area contributed by atoms with Crippen LogP contribution in [-0.4, -0.2) is 5.91 Å². The summed E-state index contributed by atoms with van der Waals surface area (Å²) in [4.78, 5) is 10.9. The third-order valence-corrected chi connectivity index (χ3v) is 3.14. The second-order valence-corrected chi connectivity index (χ2v) is 5.26. The van der Waals surface area contributed by atoms with E-state index in [1.807, 2.05) is 0 Å². The van der Waals surface area contributed by atoms with Crippen molar-refractivity contribution in [3.05, 3.63) is 51.5 Å². The van der Waals surface area contributed by atoms with Gasteiger partial charge in [0.2, 0.25) is 5.91 Å². The molecular weight excluding hydrogens is 321 g/mol. The number of halogens is 3. The maximum Gasteiger partial charge on any atom is 0.221 e. The van der Waals surface area contributed by atoms with Gasteiger partial charge in [0.25, 0.3) is 0 Å². The van der Waals surface area contributed by atoms with E-state index in [-0.39, 0.29) is 5.91 Å². The molecule has 0 saturated carbocycles. The first-order valence-corrected chi connectivity index (χ1v) is 6.79. The molecule has 1 N–H and O–H groups in total. The van der Waals surface area contributed by atoms with Crippen LogP contribution in [0, 0.1) is 0 Å². The highest BCUT2D eigenvalue weighted by Gasteiger charge is 2.10. The van der Waals surface area contributed by atoms with Crippen LogP contribution < -0.4 is 10.1 Å². The van der Waals surface area contributed by atoms with Gasteiger partial charge in [0.1, 0.15) is 5.75 Å². The Hall–Kier alpha value is -1.42. The summed E-state index contributed by atoms with van der Waals surface area (Å²) in [6.07, 6.45) is 0. The molecule has 2 rings (SSSR count). The third kappa shape index (κ3) is 3.79. The lowest BCUT2D eigenvalue weighted by molar-refractivity contribution is -0.114. The second-order valence-electron chi connectivity index (χ2n) is 4.01. The number of hydrogen-bond donors (Lipinski definition) is 1. The molecule has 1 amide bonds. The largest absolute Gasteiger partial charge is 0.454 e. The molecule has 0 radical (unpaired) electrons. The van der Waals surface area contributed by atoms with E-state index < -0.39 is 0 Å². The lowest BCUT2D eigenvalue weighted by atomic mass is 10.3. The van der Waals surface area contributed by atoms with E-state index in [4.69, 9.17) is 39.5 Å². The number of carbonyl (C=O) groups excluding carboxylic acids is 1. The van der Waals surface area contributed by atoms with Crippen molar-refractivity contribution in [2.24, 2.45) is 0 Å². The SMILES string of the molecule is CC(=O)Nc1ccc(Oc2c(Cl)cc(Cl)cc2Cl)cc1. The average Bonchev–Trinajstić information content (AvgIpc) is 2.35. The van der Waals surface area contributed by atoms with E-state index in [2.05, 4.69) is 5.32 Å². The first kappa shape index (κ1) is 15.0. The molecule has 6 heteroatoms. The number of anilines is 1. The van der Waals surface area contributed by atoms with Crippen LogP contribution in [-0.2, 0) is 4.79 Å². The van der Waals surface area contributed by atoms with E-state index >= 15 is 0 Å². The van der Waals surface area contributed by atoms with E-state index in [0.717, 1.165) is 0 Å². The van der Waals surface area contributed by atoms with Gasteiger partial charge in [-0.25, -0.2) is 0 Å². The van der Waals surface area contributed by atoms with Gasteiger partial charge in [-0.15, -0.1) is 0 Å². The van der Waals surface area contributed by atoms with Gasteiger partial charge >= 0.3 is 0 Å². The molecule has 0 bridgehead atoms. The van der Waals surface area contributed by atoms with Crippen molar-refractivity contribution in [1.29, 1.82) is 0 Å². The molecule has 0 spiro atoms. The first-order chi connectivity index (χ1) is 9.45. The summed E-state index contributed by atoms with van der Waals surface area (Å²) in [5, 5.41) is 3.75. The number of hydrogen-bond acceptors (Lipinski definition) is 2. The molecule has 3 nitrogen and oxygen atoms in total. The van der Waals surface area contributed by atoms with Gasteiger partial charge in [-0.05, 0) is 36.4 Å². The van der Waals surface area contributed by atoms with Gasteiger partial charge in [0, 0.05) is 17.6 Å². The van der Waals surface area contributed by atoms with Gasteiger partial charge in [0.05, 0.1) is 10.0 Å². The Balaban J connectivity index is 2.20. The molecule has 20 heavy (non-hydrogen) atoms. The Labute approximate surface area is 131 Å². The summed E-state index contributed by atoms with van der Waals surface area (Å²) in [5.74, 6) is 0.748. The monoisotopic (exact) mass is 329 g/mol. The van der Waals surface area contributed by atoms with E-state index in [0.29, 0.717) is 32.3 Å². The number of nitrogens with one attached hydrogen (secondary N) is 1. The van der Waals surface area contributed by atoms with E-state index in [9.17, 15) is 4.79 Å². The molecule has 0 fully saturated rings. The number of carbonyl (C=O) groups is 1. The van der Waals surface area contributed by atoms with Gasteiger partial charge in [0.15, 0.2) is 5.75 Å². The summed E-state index contributed by atoms with van der Waals surface area (Å²) < 4.78 is 5.62. The average molecular weight is 331 g/mol. The first-order valence-electron chi connectivity index (χ1n) is 5.66. The van der Waals surface area contributed by atoms with Crippen LogP contribution in [0.5, 0.6) is 11.5 Å². The minimum atomic E-state index is -0.137. The third-order valence-electron chi connectivity index (χ3n) is 2.36. The van der Waals surface area contributed by atoms with Crippen molar-refractivity contribution >= 4 is 46.4 Å². The van der Waals surface area contributed by atoms with Crippen LogP contribution in [0.3, 0.4) is 0 Å². The van der Waals surface area contributed by atoms with Crippen LogP contribution >= 0.6 is 34.8 Å². The Morgan fingerprint density at radius 1 is 1.05 bits per heavy atom. The van der Waals surface area contributed by atoms with Gasteiger partial charge in [-0.2, -0.15) is 0 Å². The fourth-order valence-corrected chi connectivity index (χ4v) is 2.45. The number of rotatable bonds is 3. The smallest absolute Gasteiger partial charge is 0.221 e. The molecule has 0 aliphatic heterocycles. The molecule has 0 unspecified atom stereocenters. The number of amides is 1. The number of ether oxygens (including phenoxy) is 1. The van der Waals surface area contributed by atoms with Crippen LogP contribution in [0.1, 0.15) is 6.92 Å². The van der Waals surface area contributed by atoms with Gasteiger partial charge in [-0.3, -0.25) is 4.79 Å². The Kier molecular flexibility index (Phi) is 4.76. The van der Waals surface area contributed by atoms with Crippen molar-refractivity contribution in [2.75, 3.05) is 5.32 Å². The minimum absolute atomic E-state index is 0.137. The van der Waals surface area contributed by atoms with Crippen LogP contribution in [0.25, 0.3) is 0 Å². The number of benzene rings is 2. The fourth-order valence-electron chi connectivity index (χ4n) is 1.55. The van der Waals surface area contributed by atoms with Crippen molar-refractivity contribution in [1.82, 2.24) is 0 Å². The van der Waals surface area contributed by atoms with E-state index in [1.165, 1.54) is 6.92 Å². The summed E-state index contributed by atoms with van der Waals surface area (Å²) in [7, 11) is 0. The minimum Gasteiger partial charge on any atom is -0.454 e. The fraction of sp³-hybridized carbons (Fsp3) is 0.0714. The van der Waals surface area contributed by atoms with Crippen molar-refractivity contribution in [2.45, 2.75) is 6.92 Å². The molecule has 0 heterocycles. The van der Waals surface area contributed by atoms with E-state index in [1.54, 1.807) is 36.4 Å². The molecule has 2 aromatic rings. The molecule has 104 valence electrons. The zero-order chi connectivity index (χ0) is 14.7. The molecule has 0 aliphatic carbocycles. The van der Waals surface area contributed by atoms with Crippen molar-refractivity contribution in [3.8, 4) is 11.5 Å². The molecule has 0 saturated heterocycles. The quantitative estimate of drug-likeness (QED) is 0.818. The van der Waals surface area contributed by atoms with Gasteiger partial charge < -0.3 is 10.1 Å². The maximum atomic E-state index is 10.9. The normalized spacial score (nSPS) is 10.2. The lowest BCUT2D eigenvalue weighted by Crippen LogP contribution is -2.05. The summed E-state index contributed by atoms with van der Waals surface area (Å²) in [5.41, 5.74) is 0.679. The molecule has 0 aromatic heterocycles. The maximum absolute atomic E-state index is 10.9. The predicted octanol–water partition coefficient (Wildman–Crippen LogP) is 5.40. The van der Waals surface area contributed by atoms with Crippen LogP contribution in [0.15, 0.2) is 36.4 Å². The Morgan fingerprint density at radius 2 is 1.60 bits per heavy atom. The topological polar surface area (TPSA) is 38.3 Å². The lowest BCUT2D eigenvalue weighted by Gasteiger charge is -2.10. The molecule has 0 aliphatic rings. The Morgan fingerprint density at radius 3 is 2.10 bits per heavy atom. The summed E-state index contributed by atoms with van der Waals surface area (Å²) in [6, 6.07) is 9.94. The highest BCUT2D eigenvalue weighted by molar-refractivity contribution is 6.40. The zero-order valence-electron chi connectivity index (χ0n) is 10.4. The summed E-state index contributed by atoms with van der Waals surface area (Å²) in [6.45, 7) is 1.44. The predicted molar refractivity (Wildman–Crippen MR) is 82.3 cm³/mol. The van der Waals surface area contributed by atoms with Crippen molar-refractivity contribution in [3.63, 3.8) is 0 Å². The van der Waals surface area contributed by atoms with Crippen LogP contribution in [0.2, 0.25) is 15.1 Å². The standard InChI is InChI=1S/C14H10Cl3NO2/c1-8(19)18-10-2-4-11(5-3-10)20-14-12(16)6-9(15)7-13(14)17/h2-7H,1H3,(H,18,19). The van der Waals surface area contributed by atoms with Crippen molar-refractivity contribution < 1.29 is 9.53 Å². The molecule has 0 atom stereocenters. The van der Waals surface area contributed by atoms with Crippen LogP contribution in [0.4, 0.5) is 5.69 Å². The Bertz CT molecular complexity index is 618. The van der Waals surface area contributed by atoms with Gasteiger partial charge in [-0.1, -0.05) is 34.8 Å². The molecular formula is C14H10Cl3NO2. The second kappa shape index (κ2) is 6.35. The summed E-state index contributed by atoms with van der Waals surface area (Å²) >= 11 is 17.9. The highest BCUT2D eigenvalue weighted by Crippen LogP contribution is 2.38. The zero-order valence-corrected chi connectivity index (χ0v) is 12.7.